The summed E-state index contributed by atoms with van der Waals surface area (Å²) in [7, 11) is 3.57. The molecule has 0 radical (unpaired) electrons. The average molecular weight is 249 g/mol. The lowest BCUT2D eigenvalue weighted by atomic mass is 10.1. The van der Waals surface area contributed by atoms with Gasteiger partial charge in [-0.15, -0.1) is 0 Å². The lowest BCUT2D eigenvalue weighted by molar-refractivity contribution is -0.121. The van der Waals surface area contributed by atoms with Crippen molar-refractivity contribution in [1.82, 2.24) is 10.3 Å². The SMILES string of the molecule is CN(C)CC(=O)N/N=C/c1ccc(C(=O)O)cc1. The highest BCUT2D eigenvalue weighted by molar-refractivity contribution is 5.89. The maximum atomic E-state index is 11.2. The highest BCUT2D eigenvalue weighted by atomic mass is 16.4. The van der Waals surface area contributed by atoms with Crippen molar-refractivity contribution in [2.75, 3.05) is 20.6 Å². The summed E-state index contributed by atoms with van der Waals surface area (Å²) in [5.41, 5.74) is 3.30. The van der Waals surface area contributed by atoms with E-state index in [1.165, 1.54) is 18.3 Å². The van der Waals surface area contributed by atoms with Crippen LogP contribution in [-0.4, -0.2) is 48.7 Å². The molecule has 0 heterocycles. The van der Waals surface area contributed by atoms with Crippen LogP contribution in [0, 0.1) is 0 Å². The van der Waals surface area contributed by atoms with Crippen molar-refractivity contribution in [3.05, 3.63) is 35.4 Å². The Balaban J connectivity index is 2.52. The van der Waals surface area contributed by atoms with Gasteiger partial charge in [0.1, 0.15) is 0 Å². The molecule has 0 saturated heterocycles. The first kappa shape index (κ1) is 13.9. The van der Waals surface area contributed by atoms with Crippen molar-refractivity contribution in [1.29, 1.82) is 0 Å². The van der Waals surface area contributed by atoms with E-state index in [0.717, 1.165) is 0 Å². The molecule has 6 heteroatoms. The fourth-order valence-electron chi connectivity index (χ4n) is 1.21. The molecule has 0 aromatic heterocycles. The number of carboxylic acids is 1. The molecule has 2 N–H and O–H groups in total. The summed E-state index contributed by atoms with van der Waals surface area (Å²) in [5, 5.41) is 12.5. The fraction of sp³-hybridized carbons (Fsp3) is 0.250. The lowest BCUT2D eigenvalue weighted by Gasteiger charge is -2.06. The van der Waals surface area contributed by atoms with Gasteiger partial charge < -0.3 is 10.0 Å². The molecule has 0 aliphatic carbocycles. The van der Waals surface area contributed by atoms with E-state index in [4.69, 9.17) is 5.11 Å². The number of hydrogen-bond donors (Lipinski definition) is 2. The summed E-state index contributed by atoms with van der Waals surface area (Å²) < 4.78 is 0. The largest absolute Gasteiger partial charge is 0.478 e. The first-order valence-electron chi connectivity index (χ1n) is 5.29. The van der Waals surface area contributed by atoms with Crippen molar-refractivity contribution < 1.29 is 14.7 Å². The van der Waals surface area contributed by atoms with Gasteiger partial charge in [-0.2, -0.15) is 5.10 Å². The Morgan fingerprint density at radius 2 is 1.94 bits per heavy atom. The predicted octanol–water partition coefficient (Wildman–Crippen LogP) is 0.396. The molecule has 1 aromatic rings. The number of amides is 1. The Kier molecular flexibility index (Phi) is 5.01. The van der Waals surface area contributed by atoms with Gasteiger partial charge in [-0.25, -0.2) is 10.2 Å². The summed E-state index contributed by atoms with van der Waals surface area (Å²) in [6.45, 7) is 0.259. The van der Waals surface area contributed by atoms with Crippen LogP contribution in [0.5, 0.6) is 0 Å². The van der Waals surface area contributed by atoms with Crippen molar-refractivity contribution in [3.63, 3.8) is 0 Å². The van der Waals surface area contributed by atoms with E-state index < -0.39 is 5.97 Å². The zero-order chi connectivity index (χ0) is 13.5. The predicted molar refractivity (Wildman–Crippen MR) is 67.7 cm³/mol. The number of carbonyl (C=O) groups excluding carboxylic acids is 1. The van der Waals surface area contributed by atoms with Crippen molar-refractivity contribution in [2.24, 2.45) is 5.10 Å². The van der Waals surface area contributed by atoms with E-state index in [1.807, 2.05) is 0 Å². The molecule has 0 fully saturated rings. The summed E-state index contributed by atoms with van der Waals surface area (Å²) in [6.07, 6.45) is 1.46. The second kappa shape index (κ2) is 6.51. The third-order valence-electron chi connectivity index (χ3n) is 2.02. The summed E-state index contributed by atoms with van der Waals surface area (Å²) in [6, 6.07) is 6.19. The molecular weight excluding hydrogens is 234 g/mol. The van der Waals surface area contributed by atoms with Crippen molar-refractivity contribution in [3.8, 4) is 0 Å². The van der Waals surface area contributed by atoms with E-state index in [0.29, 0.717) is 5.56 Å². The number of nitrogens with one attached hydrogen (secondary N) is 1. The number of hydrazone groups is 1. The molecule has 6 nitrogen and oxygen atoms in total. The van der Waals surface area contributed by atoms with Crippen LogP contribution < -0.4 is 5.43 Å². The molecule has 0 saturated carbocycles. The van der Waals surface area contributed by atoms with E-state index in [2.05, 4.69) is 10.5 Å². The molecule has 0 bridgehead atoms. The molecule has 18 heavy (non-hydrogen) atoms. The lowest BCUT2D eigenvalue weighted by Crippen LogP contribution is -2.30. The van der Waals surface area contributed by atoms with Crippen LogP contribution in [0.1, 0.15) is 15.9 Å². The van der Waals surface area contributed by atoms with Gasteiger partial charge in [-0.1, -0.05) is 12.1 Å². The highest BCUT2D eigenvalue weighted by Crippen LogP contribution is 2.01. The zero-order valence-electron chi connectivity index (χ0n) is 10.3. The Bertz CT molecular complexity index is 452. The average Bonchev–Trinajstić information content (AvgIpc) is 2.28. The Morgan fingerprint density at radius 3 is 2.44 bits per heavy atom. The number of aromatic carboxylic acids is 1. The van der Waals surface area contributed by atoms with Crippen LogP contribution in [0.3, 0.4) is 0 Å². The number of likely N-dealkylation sites (N-methyl/N-ethyl adjacent to an activating group) is 1. The van der Waals surface area contributed by atoms with Gasteiger partial charge in [0.05, 0.1) is 18.3 Å². The molecule has 1 amide bonds. The quantitative estimate of drug-likeness (QED) is 0.584. The van der Waals surface area contributed by atoms with Gasteiger partial charge in [0.15, 0.2) is 0 Å². The van der Waals surface area contributed by atoms with Gasteiger partial charge >= 0.3 is 5.97 Å². The zero-order valence-corrected chi connectivity index (χ0v) is 10.3. The molecule has 1 rings (SSSR count). The Labute approximate surface area is 105 Å². The van der Waals surface area contributed by atoms with Crippen molar-refractivity contribution in [2.45, 2.75) is 0 Å². The second-order valence-electron chi connectivity index (χ2n) is 3.96. The third kappa shape index (κ3) is 4.75. The van der Waals surface area contributed by atoms with Crippen LogP contribution in [-0.2, 0) is 4.79 Å². The minimum Gasteiger partial charge on any atom is -0.478 e. The Hall–Kier alpha value is -2.21. The Morgan fingerprint density at radius 1 is 1.33 bits per heavy atom. The van der Waals surface area contributed by atoms with Crippen LogP contribution in [0.2, 0.25) is 0 Å². The number of carboxylic acid groups (broad SMARTS) is 1. The van der Waals surface area contributed by atoms with Gasteiger partial charge in [0.25, 0.3) is 5.91 Å². The topological polar surface area (TPSA) is 82.0 Å². The maximum Gasteiger partial charge on any atom is 0.335 e. The molecule has 0 spiro atoms. The minimum atomic E-state index is -0.974. The monoisotopic (exact) mass is 249 g/mol. The number of hydrogen-bond acceptors (Lipinski definition) is 4. The number of carbonyl (C=O) groups is 2. The second-order valence-corrected chi connectivity index (χ2v) is 3.96. The first-order chi connectivity index (χ1) is 8.49. The third-order valence-corrected chi connectivity index (χ3v) is 2.02. The van der Waals surface area contributed by atoms with E-state index in [1.54, 1.807) is 31.1 Å². The highest BCUT2D eigenvalue weighted by Gasteiger charge is 2.01. The van der Waals surface area contributed by atoms with E-state index in [-0.39, 0.29) is 18.0 Å². The van der Waals surface area contributed by atoms with Crippen LogP contribution in [0.25, 0.3) is 0 Å². The van der Waals surface area contributed by atoms with E-state index >= 15 is 0 Å². The first-order valence-corrected chi connectivity index (χ1v) is 5.29. The van der Waals surface area contributed by atoms with Gasteiger partial charge in [-0.05, 0) is 31.8 Å². The van der Waals surface area contributed by atoms with Crippen molar-refractivity contribution >= 4 is 18.1 Å². The molecule has 0 aliphatic heterocycles. The van der Waals surface area contributed by atoms with Gasteiger partial charge in [0, 0.05) is 0 Å². The molecule has 0 unspecified atom stereocenters. The minimum absolute atomic E-state index is 0.210. The van der Waals surface area contributed by atoms with Crippen LogP contribution in [0.15, 0.2) is 29.4 Å². The normalized spacial score (nSPS) is 10.8. The van der Waals surface area contributed by atoms with Gasteiger partial charge in [0.2, 0.25) is 0 Å². The number of rotatable bonds is 5. The van der Waals surface area contributed by atoms with Crippen LogP contribution >= 0.6 is 0 Å². The summed E-state index contributed by atoms with van der Waals surface area (Å²) in [5.74, 6) is -1.18. The fourth-order valence-corrected chi connectivity index (χ4v) is 1.21. The standard InChI is InChI=1S/C12H15N3O3/c1-15(2)8-11(16)14-13-7-9-3-5-10(6-4-9)12(17)18/h3-7H,8H2,1-2H3,(H,14,16)(H,17,18)/b13-7+. The van der Waals surface area contributed by atoms with Gasteiger partial charge in [-0.3, -0.25) is 4.79 Å². The van der Waals surface area contributed by atoms with Crippen LogP contribution in [0.4, 0.5) is 0 Å². The number of benzene rings is 1. The maximum absolute atomic E-state index is 11.2. The molecule has 96 valence electrons. The molecule has 0 aliphatic rings. The molecular formula is C12H15N3O3. The summed E-state index contributed by atoms with van der Waals surface area (Å²) >= 11 is 0. The summed E-state index contributed by atoms with van der Waals surface area (Å²) in [4.78, 5) is 23.6. The van der Waals surface area contributed by atoms with E-state index in [9.17, 15) is 9.59 Å². The smallest absolute Gasteiger partial charge is 0.335 e. The molecule has 1 aromatic carbocycles. The molecule has 0 atom stereocenters. The number of nitrogens with zero attached hydrogens (tertiary/aromatic N) is 2.